The summed E-state index contributed by atoms with van der Waals surface area (Å²) in [4.78, 5) is 21.5. The van der Waals surface area contributed by atoms with Gasteiger partial charge in [0.05, 0.1) is 13.5 Å². The molecule has 0 unspecified atom stereocenters. The molecule has 1 saturated heterocycles. The number of anilines is 2. The number of para-hydroxylation sites is 1. The number of carbonyl (C=O) groups excluding carboxylic acids is 1. The van der Waals surface area contributed by atoms with E-state index in [1.165, 1.54) is 0 Å². The zero-order valence-electron chi connectivity index (χ0n) is 17.8. The molecule has 1 aliphatic heterocycles. The van der Waals surface area contributed by atoms with Crippen LogP contribution in [0.15, 0.2) is 48.5 Å². The highest BCUT2D eigenvalue weighted by atomic mass is 16.5. The Hall–Kier alpha value is -3.12. The third kappa shape index (κ3) is 4.39. The highest BCUT2D eigenvalue weighted by Gasteiger charge is 2.19. The number of ether oxygens (including phenoxy) is 1. The van der Waals surface area contributed by atoms with E-state index in [2.05, 4.69) is 30.3 Å². The number of rotatable bonds is 5. The molecule has 0 spiro atoms. The third-order valence-electron chi connectivity index (χ3n) is 5.67. The van der Waals surface area contributed by atoms with E-state index in [0.29, 0.717) is 6.42 Å². The molecule has 6 heteroatoms. The minimum absolute atomic E-state index is 0.197. The first-order valence-electron chi connectivity index (χ1n) is 10.3. The molecule has 2 aromatic carbocycles. The molecule has 1 amide bonds. The number of carbonyl (C=O) groups is 1. The average molecular weight is 405 g/mol. The quantitative estimate of drug-likeness (QED) is 0.704. The standard InChI is InChI=1S/C24H28N4O2/c1-17-15-22(26-24-20(17)5-4-6-21(24)30-3)25-19-9-7-18(8-10-19)16-23(29)28-13-11-27(2)12-14-28/h4-10,15H,11-14,16H2,1-3H3,(H,25,26). The molecule has 0 radical (unpaired) electrons. The van der Waals surface area contributed by atoms with Crippen molar-refractivity contribution in [2.24, 2.45) is 0 Å². The van der Waals surface area contributed by atoms with Gasteiger partial charge in [-0.3, -0.25) is 4.79 Å². The average Bonchev–Trinajstić information content (AvgIpc) is 2.75. The number of aromatic nitrogens is 1. The van der Waals surface area contributed by atoms with E-state index in [-0.39, 0.29) is 5.91 Å². The maximum absolute atomic E-state index is 12.5. The van der Waals surface area contributed by atoms with E-state index in [1.807, 2.05) is 47.4 Å². The third-order valence-corrected chi connectivity index (χ3v) is 5.67. The predicted octanol–water partition coefficient (Wildman–Crippen LogP) is 3.61. The van der Waals surface area contributed by atoms with Gasteiger partial charge in [0.1, 0.15) is 17.1 Å². The van der Waals surface area contributed by atoms with Crippen molar-refractivity contribution < 1.29 is 9.53 Å². The van der Waals surface area contributed by atoms with Crippen molar-refractivity contribution >= 4 is 28.3 Å². The van der Waals surface area contributed by atoms with Crippen molar-refractivity contribution in [1.29, 1.82) is 0 Å². The Morgan fingerprint density at radius 3 is 2.53 bits per heavy atom. The lowest BCUT2D eigenvalue weighted by Gasteiger charge is -2.32. The summed E-state index contributed by atoms with van der Waals surface area (Å²) in [6.45, 7) is 5.58. The van der Waals surface area contributed by atoms with Crippen LogP contribution < -0.4 is 10.1 Å². The van der Waals surface area contributed by atoms with Gasteiger partial charge in [-0.15, -0.1) is 0 Å². The van der Waals surface area contributed by atoms with Crippen LogP contribution in [0.4, 0.5) is 11.5 Å². The molecule has 1 aromatic heterocycles. The molecule has 0 saturated carbocycles. The summed E-state index contributed by atoms with van der Waals surface area (Å²) in [6.07, 6.45) is 0.439. The second-order valence-electron chi connectivity index (χ2n) is 7.86. The van der Waals surface area contributed by atoms with Crippen molar-refractivity contribution in [3.63, 3.8) is 0 Å². The van der Waals surface area contributed by atoms with Crippen LogP contribution in [0.3, 0.4) is 0 Å². The number of pyridine rings is 1. The van der Waals surface area contributed by atoms with Gasteiger partial charge in [-0.2, -0.15) is 0 Å². The minimum Gasteiger partial charge on any atom is -0.494 e. The highest BCUT2D eigenvalue weighted by molar-refractivity contribution is 5.89. The Morgan fingerprint density at radius 1 is 1.10 bits per heavy atom. The number of aryl methyl sites for hydroxylation is 1. The van der Waals surface area contributed by atoms with Gasteiger partial charge in [-0.05, 0) is 49.4 Å². The number of piperazine rings is 1. The van der Waals surface area contributed by atoms with E-state index >= 15 is 0 Å². The molecule has 4 rings (SSSR count). The van der Waals surface area contributed by atoms with Crippen LogP contribution >= 0.6 is 0 Å². The predicted molar refractivity (Wildman–Crippen MR) is 121 cm³/mol. The second-order valence-corrected chi connectivity index (χ2v) is 7.86. The molecule has 0 aliphatic carbocycles. The summed E-state index contributed by atoms with van der Waals surface area (Å²) in [5.74, 6) is 1.73. The van der Waals surface area contributed by atoms with E-state index in [9.17, 15) is 4.79 Å². The van der Waals surface area contributed by atoms with Gasteiger partial charge >= 0.3 is 0 Å². The first kappa shape index (κ1) is 20.2. The lowest BCUT2D eigenvalue weighted by molar-refractivity contribution is -0.132. The number of fused-ring (bicyclic) bond motifs is 1. The van der Waals surface area contributed by atoms with Crippen molar-refractivity contribution in [1.82, 2.24) is 14.8 Å². The number of nitrogens with zero attached hydrogens (tertiary/aromatic N) is 3. The number of likely N-dealkylation sites (N-methyl/N-ethyl adjacent to an activating group) is 1. The molecule has 0 atom stereocenters. The maximum atomic E-state index is 12.5. The summed E-state index contributed by atoms with van der Waals surface area (Å²) >= 11 is 0. The maximum Gasteiger partial charge on any atom is 0.227 e. The van der Waals surface area contributed by atoms with Gasteiger partial charge in [0.2, 0.25) is 5.91 Å². The fourth-order valence-corrected chi connectivity index (χ4v) is 3.82. The molecule has 1 aliphatic rings. The van der Waals surface area contributed by atoms with Crippen LogP contribution in [-0.2, 0) is 11.2 Å². The number of hydrogen-bond donors (Lipinski definition) is 1. The van der Waals surface area contributed by atoms with Gasteiger partial charge < -0.3 is 19.9 Å². The highest BCUT2D eigenvalue weighted by Crippen LogP contribution is 2.29. The lowest BCUT2D eigenvalue weighted by atomic mass is 10.1. The molecule has 30 heavy (non-hydrogen) atoms. The number of amides is 1. The van der Waals surface area contributed by atoms with Crippen LogP contribution in [0.1, 0.15) is 11.1 Å². The first-order valence-corrected chi connectivity index (χ1v) is 10.3. The van der Waals surface area contributed by atoms with Crippen LogP contribution in [0.2, 0.25) is 0 Å². The molecule has 6 nitrogen and oxygen atoms in total. The molecule has 0 bridgehead atoms. The molecule has 1 N–H and O–H groups in total. The number of hydrogen-bond acceptors (Lipinski definition) is 5. The van der Waals surface area contributed by atoms with Crippen molar-refractivity contribution in [2.75, 3.05) is 45.7 Å². The Labute approximate surface area is 177 Å². The fourth-order valence-electron chi connectivity index (χ4n) is 3.82. The van der Waals surface area contributed by atoms with Gasteiger partial charge in [-0.1, -0.05) is 24.3 Å². The Balaban J connectivity index is 1.45. The molecule has 1 fully saturated rings. The first-order chi connectivity index (χ1) is 14.5. The summed E-state index contributed by atoms with van der Waals surface area (Å²) in [5, 5.41) is 4.45. The minimum atomic E-state index is 0.197. The summed E-state index contributed by atoms with van der Waals surface area (Å²) in [7, 11) is 3.75. The molecule has 156 valence electrons. The van der Waals surface area contributed by atoms with Crippen LogP contribution in [0.5, 0.6) is 5.75 Å². The van der Waals surface area contributed by atoms with E-state index in [4.69, 9.17) is 9.72 Å². The smallest absolute Gasteiger partial charge is 0.227 e. The van der Waals surface area contributed by atoms with Crippen molar-refractivity contribution in [2.45, 2.75) is 13.3 Å². The zero-order valence-corrected chi connectivity index (χ0v) is 17.8. The Kier molecular flexibility index (Phi) is 5.86. The number of methoxy groups -OCH3 is 1. The molecular formula is C24H28N4O2. The summed E-state index contributed by atoms with van der Waals surface area (Å²) in [5.41, 5.74) is 3.94. The number of benzene rings is 2. The SMILES string of the molecule is COc1cccc2c(C)cc(Nc3ccc(CC(=O)N4CCN(C)CC4)cc3)nc12. The number of nitrogens with one attached hydrogen (secondary N) is 1. The summed E-state index contributed by atoms with van der Waals surface area (Å²) < 4.78 is 5.47. The van der Waals surface area contributed by atoms with Crippen LogP contribution in [0.25, 0.3) is 10.9 Å². The van der Waals surface area contributed by atoms with Gasteiger partial charge in [0.15, 0.2) is 0 Å². The topological polar surface area (TPSA) is 57.7 Å². The monoisotopic (exact) mass is 404 g/mol. The summed E-state index contributed by atoms with van der Waals surface area (Å²) in [6, 6.07) is 16.0. The van der Waals surface area contributed by atoms with Gasteiger partial charge in [0.25, 0.3) is 0 Å². The fraction of sp³-hybridized carbons (Fsp3) is 0.333. The largest absolute Gasteiger partial charge is 0.494 e. The van der Waals surface area contributed by atoms with E-state index in [0.717, 1.165) is 65.5 Å². The van der Waals surface area contributed by atoms with Crippen LogP contribution in [0, 0.1) is 6.92 Å². The van der Waals surface area contributed by atoms with Crippen molar-refractivity contribution in [3.8, 4) is 5.75 Å². The van der Waals surface area contributed by atoms with E-state index < -0.39 is 0 Å². The van der Waals surface area contributed by atoms with Crippen molar-refractivity contribution in [3.05, 3.63) is 59.7 Å². The lowest BCUT2D eigenvalue weighted by Crippen LogP contribution is -2.47. The molecule has 2 heterocycles. The van der Waals surface area contributed by atoms with Gasteiger partial charge in [-0.25, -0.2) is 4.98 Å². The van der Waals surface area contributed by atoms with Gasteiger partial charge in [0, 0.05) is 37.3 Å². The Morgan fingerprint density at radius 2 is 1.83 bits per heavy atom. The van der Waals surface area contributed by atoms with E-state index in [1.54, 1.807) is 7.11 Å². The van der Waals surface area contributed by atoms with Crippen LogP contribution in [-0.4, -0.2) is 61.0 Å². The Bertz CT molecular complexity index is 1040. The second kappa shape index (κ2) is 8.71. The zero-order chi connectivity index (χ0) is 21.1. The molecule has 3 aromatic rings. The normalized spacial score (nSPS) is 14.7. The molecular weight excluding hydrogens is 376 g/mol.